The van der Waals surface area contributed by atoms with Crippen molar-refractivity contribution >= 4 is 22.6 Å². The Kier molecular flexibility index (Phi) is 4.17. The fraction of sp³-hybridized carbons (Fsp3) is 0.529. The van der Waals surface area contributed by atoms with Crippen LogP contribution in [0.3, 0.4) is 0 Å². The van der Waals surface area contributed by atoms with Crippen LogP contribution in [0.2, 0.25) is 0 Å². The maximum atomic E-state index is 9.15. The van der Waals surface area contributed by atoms with E-state index in [1.165, 1.54) is 25.7 Å². The highest BCUT2D eigenvalue weighted by atomic mass is 35.5. The molecule has 0 radical (unpaired) electrons. The lowest BCUT2D eigenvalue weighted by molar-refractivity contribution is 0.360. The molecular weight excluding hydrogens is 282 g/mol. The maximum Gasteiger partial charge on any atom is 0.111 e. The Morgan fingerprint density at radius 2 is 2.19 bits per heavy atom. The monoisotopic (exact) mass is 301 g/mol. The quantitative estimate of drug-likeness (QED) is 0.783. The molecule has 1 heterocycles. The molecule has 110 valence electrons. The Morgan fingerprint density at radius 1 is 1.43 bits per heavy atom. The fourth-order valence-electron chi connectivity index (χ4n) is 3.58. The van der Waals surface area contributed by atoms with Crippen molar-refractivity contribution in [1.29, 1.82) is 5.26 Å². The van der Waals surface area contributed by atoms with Gasteiger partial charge in [-0.05, 0) is 43.9 Å². The molecular formula is C17H20ClN3. The van der Waals surface area contributed by atoms with Crippen LogP contribution in [-0.2, 0) is 6.42 Å². The minimum atomic E-state index is 0.421. The molecule has 1 aliphatic carbocycles. The van der Waals surface area contributed by atoms with E-state index in [9.17, 15) is 0 Å². The summed E-state index contributed by atoms with van der Waals surface area (Å²) in [6, 6.07) is 8.40. The Hall–Kier alpha value is -1.53. The average Bonchev–Trinajstić information content (AvgIpc) is 3.13. The van der Waals surface area contributed by atoms with E-state index in [0.29, 0.717) is 23.4 Å². The summed E-state index contributed by atoms with van der Waals surface area (Å²) in [6.07, 6.45) is 6.01. The standard InChI is InChI=1S/C17H20ClN3/c1-12(14-4-2-3-5-14)21-16-10-13(11-19)6-7-15(16)20-17(21)8-9-18/h6-7,10,12,14H,2-5,8-9H2,1H3. The first kappa shape index (κ1) is 14.4. The molecule has 1 unspecified atom stereocenters. The number of hydrogen-bond donors (Lipinski definition) is 0. The van der Waals surface area contributed by atoms with Gasteiger partial charge in [-0.2, -0.15) is 5.26 Å². The molecule has 1 saturated carbocycles. The number of aromatic nitrogens is 2. The number of benzene rings is 1. The lowest BCUT2D eigenvalue weighted by Gasteiger charge is -2.23. The lowest BCUT2D eigenvalue weighted by Crippen LogP contribution is -2.17. The van der Waals surface area contributed by atoms with Crippen LogP contribution < -0.4 is 0 Å². The summed E-state index contributed by atoms with van der Waals surface area (Å²) in [5.74, 6) is 2.34. The molecule has 1 aliphatic rings. The third-order valence-corrected chi connectivity index (χ3v) is 4.89. The van der Waals surface area contributed by atoms with Gasteiger partial charge >= 0.3 is 0 Å². The van der Waals surface area contributed by atoms with E-state index in [1.807, 2.05) is 18.2 Å². The zero-order chi connectivity index (χ0) is 14.8. The Bertz CT molecular complexity index is 677. The van der Waals surface area contributed by atoms with E-state index in [2.05, 4.69) is 17.6 Å². The molecule has 0 aliphatic heterocycles. The molecule has 1 atom stereocenters. The van der Waals surface area contributed by atoms with Crippen LogP contribution in [0.1, 0.15) is 50.0 Å². The molecule has 1 aromatic carbocycles. The summed E-state index contributed by atoms with van der Waals surface area (Å²) >= 11 is 5.95. The summed E-state index contributed by atoms with van der Waals surface area (Å²) in [7, 11) is 0. The highest BCUT2D eigenvalue weighted by Gasteiger charge is 2.26. The van der Waals surface area contributed by atoms with Crippen molar-refractivity contribution in [3.05, 3.63) is 29.6 Å². The van der Waals surface area contributed by atoms with Crippen LogP contribution in [0, 0.1) is 17.2 Å². The predicted octanol–water partition coefficient (Wildman–Crippen LogP) is 4.44. The lowest BCUT2D eigenvalue weighted by atomic mass is 9.99. The highest BCUT2D eigenvalue weighted by Crippen LogP contribution is 2.36. The number of fused-ring (bicyclic) bond motifs is 1. The van der Waals surface area contributed by atoms with Crippen molar-refractivity contribution in [2.75, 3.05) is 5.88 Å². The van der Waals surface area contributed by atoms with Crippen molar-refractivity contribution in [2.24, 2.45) is 5.92 Å². The summed E-state index contributed by atoms with van der Waals surface area (Å²) in [5, 5.41) is 9.15. The SMILES string of the molecule is CC(C1CCCC1)n1c(CCCl)nc2ccc(C#N)cc21. The van der Waals surface area contributed by atoms with Gasteiger partial charge < -0.3 is 4.57 Å². The smallest absolute Gasteiger partial charge is 0.111 e. The van der Waals surface area contributed by atoms with E-state index >= 15 is 0 Å². The van der Waals surface area contributed by atoms with E-state index in [1.54, 1.807) is 0 Å². The zero-order valence-corrected chi connectivity index (χ0v) is 13.1. The summed E-state index contributed by atoms with van der Waals surface area (Å²) < 4.78 is 2.33. The zero-order valence-electron chi connectivity index (χ0n) is 12.3. The van der Waals surface area contributed by atoms with Crippen LogP contribution in [0.25, 0.3) is 11.0 Å². The number of hydrogen-bond acceptors (Lipinski definition) is 2. The molecule has 21 heavy (non-hydrogen) atoms. The van der Waals surface area contributed by atoms with Gasteiger partial charge in [-0.25, -0.2) is 4.98 Å². The van der Waals surface area contributed by atoms with Gasteiger partial charge in [-0.1, -0.05) is 12.8 Å². The maximum absolute atomic E-state index is 9.15. The van der Waals surface area contributed by atoms with Crippen molar-refractivity contribution < 1.29 is 0 Å². The second-order valence-corrected chi connectivity index (χ2v) is 6.32. The van der Waals surface area contributed by atoms with Gasteiger partial charge in [-0.3, -0.25) is 0 Å². The number of nitrogens with zero attached hydrogens (tertiary/aromatic N) is 3. The fourth-order valence-corrected chi connectivity index (χ4v) is 3.75. The number of halogens is 1. The number of rotatable bonds is 4. The third kappa shape index (κ3) is 2.65. The number of imidazole rings is 1. The molecule has 0 bridgehead atoms. The number of aryl methyl sites for hydroxylation is 1. The van der Waals surface area contributed by atoms with Gasteiger partial charge in [0.15, 0.2) is 0 Å². The van der Waals surface area contributed by atoms with Crippen molar-refractivity contribution in [2.45, 2.75) is 45.1 Å². The number of nitriles is 1. The van der Waals surface area contributed by atoms with Gasteiger partial charge in [-0.15, -0.1) is 11.6 Å². The topological polar surface area (TPSA) is 41.6 Å². The minimum absolute atomic E-state index is 0.421. The average molecular weight is 302 g/mol. The van der Waals surface area contributed by atoms with Gasteiger partial charge in [0.25, 0.3) is 0 Å². The van der Waals surface area contributed by atoms with Crippen LogP contribution in [0.5, 0.6) is 0 Å². The first-order valence-electron chi connectivity index (χ1n) is 7.71. The van der Waals surface area contributed by atoms with Gasteiger partial charge in [0.2, 0.25) is 0 Å². The Balaban J connectivity index is 2.11. The Morgan fingerprint density at radius 3 is 2.86 bits per heavy atom. The first-order chi connectivity index (χ1) is 10.2. The first-order valence-corrected chi connectivity index (χ1v) is 8.25. The van der Waals surface area contributed by atoms with Crippen LogP contribution in [0.4, 0.5) is 0 Å². The molecule has 3 nitrogen and oxygen atoms in total. The van der Waals surface area contributed by atoms with E-state index in [4.69, 9.17) is 21.8 Å². The van der Waals surface area contributed by atoms with E-state index in [-0.39, 0.29) is 0 Å². The third-order valence-electron chi connectivity index (χ3n) is 4.70. The van der Waals surface area contributed by atoms with E-state index < -0.39 is 0 Å². The van der Waals surface area contributed by atoms with Crippen molar-refractivity contribution in [1.82, 2.24) is 9.55 Å². The molecule has 4 heteroatoms. The molecule has 0 saturated heterocycles. The summed E-state index contributed by atoms with van der Waals surface area (Å²) in [6.45, 7) is 2.29. The largest absolute Gasteiger partial charge is 0.325 e. The van der Waals surface area contributed by atoms with Crippen molar-refractivity contribution in [3.8, 4) is 6.07 Å². The second-order valence-electron chi connectivity index (χ2n) is 5.94. The van der Waals surface area contributed by atoms with Crippen LogP contribution in [0.15, 0.2) is 18.2 Å². The van der Waals surface area contributed by atoms with Crippen molar-refractivity contribution in [3.63, 3.8) is 0 Å². The molecule has 3 rings (SSSR count). The molecule has 1 fully saturated rings. The highest BCUT2D eigenvalue weighted by molar-refractivity contribution is 6.17. The molecule has 0 spiro atoms. The molecule has 2 aromatic rings. The van der Waals surface area contributed by atoms with Crippen LogP contribution >= 0.6 is 11.6 Å². The Labute approximate surface area is 130 Å². The van der Waals surface area contributed by atoms with Gasteiger partial charge in [0.1, 0.15) is 5.82 Å². The summed E-state index contributed by atoms with van der Waals surface area (Å²) in [5.41, 5.74) is 2.74. The second kappa shape index (κ2) is 6.07. The molecule has 0 N–H and O–H groups in total. The summed E-state index contributed by atoms with van der Waals surface area (Å²) in [4.78, 5) is 4.74. The predicted molar refractivity (Wildman–Crippen MR) is 85.5 cm³/mol. The number of alkyl halides is 1. The van der Waals surface area contributed by atoms with Gasteiger partial charge in [0.05, 0.1) is 22.7 Å². The van der Waals surface area contributed by atoms with Crippen LogP contribution in [-0.4, -0.2) is 15.4 Å². The minimum Gasteiger partial charge on any atom is -0.325 e. The van der Waals surface area contributed by atoms with Gasteiger partial charge in [0, 0.05) is 18.3 Å². The van der Waals surface area contributed by atoms with E-state index in [0.717, 1.165) is 23.3 Å². The normalized spacial score (nSPS) is 17.2. The molecule has 0 amide bonds. The molecule has 1 aromatic heterocycles.